The van der Waals surface area contributed by atoms with E-state index in [-0.39, 0.29) is 0 Å². The zero-order valence-corrected chi connectivity index (χ0v) is 18.6. The van der Waals surface area contributed by atoms with E-state index in [0.717, 1.165) is 32.0 Å². The van der Waals surface area contributed by atoms with Crippen molar-refractivity contribution in [3.8, 4) is 0 Å². The lowest BCUT2D eigenvalue weighted by atomic mass is 10.0. The van der Waals surface area contributed by atoms with Crippen molar-refractivity contribution in [1.29, 1.82) is 0 Å². The Morgan fingerprint density at radius 1 is 1.18 bits per heavy atom. The van der Waals surface area contributed by atoms with Gasteiger partial charge in [0.15, 0.2) is 5.96 Å². The van der Waals surface area contributed by atoms with Crippen molar-refractivity contribution < 1.29 is 0 Å². The smallest absolute Gasteiger partial charge is 0.191 e. The highest BCUT2D eigenvalue weighted by Gasteiger charge is 2.21. The average molecular weight is 388 g/mol. The first-order valence-electron chi connectivity index (χ1n) is 11.0. The Bertz CT molecular complexity index is 564. The number of nitrogens with zero attached hydrogens (tertiary/aromatic N) is 3. The fraction of sp³-hybridized carbons (Fsp3) is 0.696. The fourth-order valence-electron chi connectivity index (χ4n) is 3.68. The largest absolute Gasteiger partial charge is 0.357 e. The SMILES string of the molecule is CCNC(=NCCC(C)N(C)Cc1ccccc1)NC1CCN(C(C)C)CC1. The van der Waals surface area contributed by atoms with Crippen molar-refractivity contribution in [2.24, 2.45) is 4.99 Å². The summed E-state index contributed by atoms with van der Waals surface area (Å²) in [7, 11) is 2.20. The molecule has 1 saturated heterocycles. The maximum atomic E-state index is 4.85. The molecule has 1 heterocycles. The molecule has 2 N–H and O–H groups in total. The topological polar surface area (TPSA) is 42.9 Å². The van der Waals surface area contributed by atoms with Crippen molar-refractivity contribution >= 4 is 5.96 Å². The van der Waals surface area contributed by atoms with E-state index in [0.29, 0.717) is 18.1 Å². The molecule has 2 rings (SSSR count). The number of piperidine rings is 1. The van der Waals surface area contributed by atoms with E-state index in [9.17, 15) is 0 Å². The summed E-state index contributed by atoms with van der Waals surface area (Å²) < 4.78 is 0. The summed E-state index contributed by atoms with van der Waals surface area (Å²) in [6, 6.07) is 12.4. The summed E-state index contributed by atoms with van der Waals surface area (Å²) in [5.74, 6) is 0.975. The van der Waals surface area contributed by atoms with Crippen LogP contribution >= 0.6 is 0 Å². The molecule has 28 heavy (non-hydrogen) atoms. The molecule has 1 aromatic rings. The molecular formula is C23H41N5. The number of hydrogen-bond acceptors (Lipinski definition) is 3. The highest BCUT2D eigenvalue weighted by Crippen LogP contribution is 2.13. The summed E-state index contributed by atoms with van der Waals surface area (Å²) in [6.45, 7) is 14.1. The van der Waals surface area contributed by atoms with E-state index < -0.39 is 0 Å². The first-order chi connectivity index (χ1) is 13.5. The molecule has 0 aliphatic carbocycles. The second kappa shape index (κ2) is 12.1. The Kier molecular flexibility index (Phi) is 9.79. The monoisotopic (exact) mass is 387 g/mol. The van der Waals surface area contributed by atoms with Gasteiger partial charge in [-0.1, -0.05) is 30.3 Å². The molecule has 0 saturated carbocycles. The minimum Gasteiger partial charge on any atom is -0.357 e. The van der Waals surface area contributed by atoms with Crippen LogP contribution in [0.5, 0.6) is 0 Å². The summed E-state index contributed by atoms with van der Waals surface area (Å²) in [6.07, 6.45) is 3.45. The van der Waals surface area contributed by atoms with Gasteiger partial charge in [0, 0.05) is 50.8 Å². The van der Waals surface area contributed by atoms with E-state index in [1.54, 1.807) is 0 Å². The van der Waals surface area contributed by atoms with Crippen LogP contribution in [0.25, 0.3) is 0 Å². The highest BCUT2D eigenvalue weighted by molar-refractivity contribution is 5.80. The Labute approximate surface area is 172 Å². The van der Waals surface area contributed by atoms with Gasteiger partial charge in [-0.15, -0.1) is 0 Å². The number of likely N-dealkylation sites (tertiary alicyclic amines) is 1. The number of rotatable bonds is 9. The molecule has 1 aliphatic heterocycles. The van der Waals surface area contributed by atoms with Crippen LogP contribution in [-0.4, -0.2) is 67.1 Å². The maximum Gasteiger partial charge on any atom is 0.191 e. The number of aliphatic imine (C=N–C) groups is 1. The Hall–Kier alpha value is -1.59. The molecular weight excluding hydrogens is 346 g/mol. The van der Waals surface area contributed by atoms with Crippen molar-refractivity contribution in [3.05, 3.63) is 35.9 Å². The second-order valence-corrected chi connectivity index (χ2v) is 8.35. The normalized spacial score (nSPS) is 17.9. The van der Waals surface area contributed by atoms with Gasteiger partial charge in [-0.25, -0.2) is 0 Å². The Balaban J connectivity index is 1.77. The van der Waals surface area contributed by atoms with E-state index in [4.69, 9.17) is 4.99 Å². The Morgan fingerprint density at radius 2 is 1.86 bits per heavy atom. The molecule has 5 nitrogen and oxygen atoms in total. The zero-order chi connectivity index (χ0) is 20.4. The predicted octanol–water partition coefficient (Wildman–Crippen LogP) is 3.32. The molecule has 5 heteroatoms. The molecule has 1 aromatic carbocycles. The fourth-order valence-corrected chi connectivity index (χ4v) is 3.68. The number of guanidine groups is 1. The molecule has 0 radical (unpaired) electrons. The minimum atomic E-state index is 0.501. The molecule has 1 unspecified atom stereocenters. The lowest BCUT2D eigenvalue weighted by molar-refractivity contribution is 0.167. The van der Waals surface area contributed by atoms with Gasteiger partial charge in [-0.3, -0.25) is 9.89 Å². The summed E-state index contributed by atoms with van der Waals surface area (Å²) in [4.78, 5) is 9.82. The van der Waals surface area contributed by atoms with Crippen LogP contribution < -0.4 is 10.6 Å². The second-order valence-electron chi connectivity index (χ2n) is 8.35. The predicted molar refractivity (Wildman–Crippen MR) is 121 cm³/mol. The van der Waals surface area contributed by atoms with Crippen LogP contribution in [-0.2, 0) is 6.54 Å². The van der Waals surface area contributed by atoms with E-state index in [2.05, 4.69) is 85.5 Å². The highest BCUT2D eigenvalue weighted by atomic mass is 15.2. The van der Waals surface area contributed by atoms with Crippen molar-refractivity contribution in [1.82, 2.24) is 20.4 Å². The molecule has 1 fully saturated rings. The average Bonchev–Trinajstić information content (AvgIpc) is 2.69. The van der Waals surface area contributed by atoms with Crippen molar-refractivity contribution in [2.45, 2.75) is 71.6 Å². The third-order valence-electron chi connectivity index (χ3n) is 5.79. The Morgan fingerprint density at radius 3 is 2.46 bits per heavy atom. The lowest BCUT2D eigenvalue weighted by Gasteiger charge is -2.35. The number of nitrogens with one attached hydrogen (secondary N) is 2. The van der Waals surface area contributed by atoms with Gasteiger partial charge >= 0.3 is 0 Å². The van der Waals surface area contributed by atoms with Gasteiger partial charge in [0.25, 0.3) is 0 Å². The first-order valence-corrected chi connectivity index (χ1v) is 11.0. The first kappa shape index (κ1) is 22.7. The summed E-state index contributed by atoms with van der Waals surface area (Å²) in [5, 5.41) is 7.08. The molecule has 1 atom stereocenters. The van der Waals surface area contributed by atoms with E-state index >= 15 is 0 Å². The van der Waals surface area contributed by atoms with E-state index in [1.165, 1.54) is 31.5 Å². The molecule has 0 spiro atoms. The molecule has 1 aliphatic rings. The van der Waals surface area contributed by atoms with Crippen molar-refractivity contribution in [3.63, 3.8) is 0 Å². The van der Waals surface area contributed by atoms with Crippen LogP contribution in [0, 0.1) is 0 Å². The number of hydrogen-bond donors (Lipinski definition) is 2. The third-order valence-corrected chi connectivity index (χ3v) is 5.79. The van der Waals surface area contributed by atoms with Gasteiger partial charge in [-0.2, -0.15) is 0 Å². The van der Waals surface area contributed by atoms with Gasteiger partial charge in [-0.05, 0) is 59.6 Å². The molecule has 158 valence electrons. The van der Waals surface area contributed by atoms with E-state index in [1.807, 2.05) is 0 Å². The van der Waals surface area contributed by atoms with Gasteiger partial charge < -0.3 is 15.5 Å². The van der Waals surface area contributed by atoms with Crippen LogP contribution in [0.3, 0.4) is 0 Å². The zero-order valence-electron chi connectivity index (χ0n) is 18.6. The van der Waals surface area contributed by atoms with Crippen LogP contribution in [0.2, 0.25) is 0 Å². The quantitative estimate of drug-likeness (QED) is 0.504. The summed E-state index contributed by atoms with van der Waals surface area (Å²) in [5.41, 5.74) is 1.36. The van der Waals surface area contributed by atoms with Gasteiger partial charge in [0.2, 0.25) is 0 Å². The molecule has 0 amide bonds. The van der Waals surface area contributed by atoms with Crippen LogP contribution in [0.4, 0.5) is 0 Å². The standard InChI is InChI=1S/C23H41N5/c1-6-24-23(26-22-13-16-28(17-14-22)19(2)3)25-15-12-20(4)27(5)18-21-10-8-7-9-11-21/h7-11,19-20,22H,6,12-18H2,1-5H3,(H2,24,25,26). The third kappa shape index (κ3) is 7.80. The van der Waals surface area contributed by atoms with Gasteiger partial charge in [0.1, 0.15) is 0 Å². The van der Waals surface area contributed by atoms with Crippen molar-refractivity contribution in [2.75, 3.05) is 33.2 Å². The summed E-state index contributed by atoms with van der Waals surface area (Å²) >= 11 is 0. The number of benzene rings is 1. The molecule has 0 bridgehead atoms. The van der Waals surface area contributed by atoms with Crippen LogP contribution in [0.1, 0.15) is 52.5 Å². The minimum absolute atomic E-state index is 0.501. The maximum absolute atomic E-state index is 4.85. The lowest BCUT2D eigenvalue weighted by Crippen LogP contribution is -2.49. The van der Waals surface area contributed by atoms with Crippen LogP contribution in [0.15, 0.2) is 35.3 Å². The molecule has 0 aromatic heterocycles. The van der Waals surface area contributed by atoms with Gasteiger partial charge in [0.05, 0.1) is 0 Å².